The number of amides is 1. The molecule has 13 heteroatoms. The van der Waals surface area contributed by atoms with Crippen LogP contribution in [0.4, 0.5) is 0 Å². The lowest BCUT2D eigenvalue weighted by Gasteiger charge is -2.34. The number of rotatable bonds is 10. The van der Waals surface area contributed by atoms with E-state index in [4.69, 9.17) is 30.3 Å². The Morgan fingerprint density at radius 2 is 1.93 bits per heavy atom. The van der Waals surface area contributed by atoms with Gasteiger partial charge in [-0.15, -0.1) is 0 Å². The van der Waals surface area contributed by atoms with Crippen LogP contribution in [0.25, 0.3) is 10.8 Å². The number of fused-ring (bicyclic) bond motifs is 1. The zero-order valence-corrected chi connectivity index (χ0v) is 25.9. The molecule has 4 rings (SSSR count). The highest BCUT2D eigenvalue weighted by atomic mass is 32.5. The molecule has 11 nitrogen and oxygen atoms in total. The maximum atomic E-state index is 12.8. The molecule has 2 aromatic rings. The third kappa shape index (κ3) is 7.44. The summed E-state index contributed by atoms with van der Waals surface area (Å²) >= 11 is 5.85. The van der Waals surface area contributed by atoms with E-state index in [-0.39, 0.29) is 30.8 Å². The summed E-state index contributed by atoms with van der Waals surface area (Å²) in [5.74, 6) is -1.07. The molecule has 2 heterocycles. The molecule has 3 N–H and O–H groups in total. The third-order valence-electron chi connectivity index (χ3n) is 6.77. The summed E-state index contributed by atoms with van der Waals surface area (Å²) in [5, 5.41) is 26.7. The van der Waals surface area contributed by atoms with Crippen molar-refractivity contribution in [1.29, 1.82) is 0 Å². The number of aliphatic hydroxyl groups is 2. The number of esters is 1. The SMILES string of the molecule is C[C@H](NP(=S)(OC[C@H]1O[C@@H](N2C=CC(=O)CC2=O)[C@](C)(O)[C@@H]1O)Oc1cccc2ccccc12)C(=O)OCC(C)(C)C. The van der Waals surface area contributed by atoms with Crippen molar-refractivity contribution in [2.24, 2.45) is 5.41 Å². The van der Waals surface area contributed by atoms with Crippen molar-refractivity contribution in [2.45, 2.75) is 71.1 Å². The molecule has 6 atom stereocenters. The van der Waals surface area contributed by atoms with Crippen molar-refractivity contribution in [3.05, 3.63) is 54.7 Å². The first kappa shape index (κ1) is 32.2. The Kier molecular flexibility index (Phi) is 9.59. The largest absolute Gasteiger partial charge is 0.464 e. The highest BCUT2D eigenvalue weighted by molar-refractivity contribution is 8.09. The number of hydrogen-bond acceptors (Lipinski definition) is 10. The molecule has 2 aliphatic rings. The van der Waals surface area contributed by atoms with Gasteiger partial charge in [-0.25, -0.2) is 5.09 Å². The van der Waals surface area contributed by atoms with E-state index in [2.05, 4.69) is 5.09 Å². The summed E-state index contributed by atoms with van der Waals surface area (Å²) in [6.07, 6.45) is -1.85. The number of benzene rings is 2. The van der Waals surface area contributed by atoms with Crippen LogP contribution in [0.15, 0.2) is 54.7 Å². The molecule has 0 spiro atoms. The Morgan fingerprint density at radius 3 is 2.62 bits per heavy atom. The molecule has 0 bridgehead atoms. The number of carbonyl (C=O) groups excluding carboxylic acids is 3. The molecule has 1 saturated heterocycles. The molecular formula is C29H37N2O9PS. The molecule has 2 aromatic carbocycles. The fourth-order valence-electron chi connectivity index (χ4n) is 4.50. The predicted molar refractivity (Wildman–Crippen MR) is 159 cm³/mol. The quantitative estimate of drug-likeness (QED) is 0.205. The van der Waals surface area contributed by atoms with Gasteiger partial charge in [-0.05, 0) is 48.6 Å². The average molecular weight is 621 g/mol. The number of aliphatic hydroxyl groups excluding tert-OH is 1. The molecule has 1 unspecified atom stereocenters. The highest BCUT2D eigenvalue weighted by Gasteiger charge is 2.56. The monoisotopic (exact) mass is 620 g/mol. The number of allylic oxidation sites excluding steroid dienone is 1. The van der Waals surface area contributed by atoms with Crippen molar-refractivity contribution in [1.82, 2.24) is 9.99 Å². The molecule has 0 saturated carbocycles. The van der Waals surface area contributed by atoms with Gasteiger partial charge in [0.25, 0.3) is 0 Å². The summed E-state index contributed by atoms with van der Waals surface area (Å²) in [4.78, 5) is 38.0. The smallest absolute Gasteiger partial charge is 0.323 e. The second kappa shape index (κ2) is 12.5. The van der Waals surface area contributed by atoms with Crippen LogP contribution in [0.3, 0.4) is 0 Å². The van der Waals surface area contributed by atoms with E-state index in [1.165, 1.54) is 19.2 Å². The lowest BCUT2D eigenvalue weighted by Crippen LogP contribution is -2.54. The van der Waals surface area contributed by atoms with Gasteiger partial charge in [0, 0.05) is 11.6 Å². The minimum Gasteiger partial charge on any atom is -0.464 e. The van der Waals surface area contributed by atoms with Crippen LogP contribution >= 0.6 is 6.64 Å². The molecule has 1 fully saturated rings. The highest BCUT2D eigenvalue weighted by Crippen LogP contribution is 2.48. The van der Waals surface area contributed by atoms with Crippen molar-refractivity contribution in [3.8, 4) is 5.75 Å². The fourth-order valence-corrected chi connectivity index (χ4v) is 6.92. The summed E-state index contributed by atoms with van der Waals surface area (Å²) in [7, 11) is 0. The average Bonchev–Trinajstić information content (AvgIpc) is 3.14. The van der Waals surface area contributed by atoms with Crippen LogP contribution in [0.5, 0.6) is 5.75 Å². The van der Waals surface area contributed by atoms with E-state index >= 15 is 0 Å². The van der Waals surface area contributed by atoms with Crippen LogP contribution in [0, 0.1) is 5.41 Å². The Labute approximate surface area is 250 Å². The van der Waals surface area contributed by atoms with Gasteiger partial charge in [-0.2, -0.15) is 0 Å². The summed E-state index contributed by atoms with van der Waals surface area (Å²) in [6.45, 7) is 5.03. The summed E-state index contributed by atoms with van der Waals surface area (Å²) in [5.41, 5.74) is -2.14. The third-order valence-corrected chi connectivity index (χ3v) is 9.26. The van der Waals surface area contributed by atoms with E-state index in [0.717, 1.165) is 15.7 Å². The molecule has 0 aliphatic carbocycles. The minimum absolute atomic E-state index is 0.194. The predicted octanol–water partition coefficient (Wildman–Crippen LogP) is 3.18. The standard InChI is InChI=1S/C29H37N2O9PS/c1-18(26(35)37-17-28(2,3)4)30-41(42,40-22-12-8-10-19-9-6-7-11-21(19)22)38-16-23-25(34)29(5,36)27(39-23)31-14-13-20(32)15-24(31)33/h6-14,18,23,25,27,34,36H,15-17H2,1-5H3,(H,30,42)/t18-,23+,25+,27+,29+,41?/m0/s1. The molecule has 228 valence electrons. The summed E-state index contributed by atoms with van der Waals surface area (Å²) < 4.78 is 23.7. The second-order valence-corrected chi connectivity index (χ2v) is 15.0. The first-order chi connectivity index (χ1) is 19.6. The molecule has 0 aromatic heterocycles. The molecule has 42 heavy (non-hydrogen) atoms. The molecular weight excluding hydrogens is 583 g/mol. The maximum absolute atomic E-state index is 12.8. The molecule has 1 amide bonds. The van der Waals surface area contributed by atoms with Crippen LogP contribution in [0.2, 0.25) is 0 Å². The Morgan fingerprint density at radius 1 is 1.24 bits per heavy atom. The maximum Gasteiger partial charge on any atom is 0.323 e. The van der Waals surface area contributed by atoms with Gasteiger partial charge >= 0.3 is 12.6 Å². The van der Waals surface area contributed by atoms with Gasteiger partial charge in [0.05, 0.1) is 19.6 Å². The van der Waals surface area contributed by atoms with Crippen LogP contribution in [-0.2, 0) is 40.2 Å². The van der Waals surface area contributed by atoms with Crippen LogP contribution < -0.4 is 9.61 Å². The van der Waals surface area contributed by atoms with Crippen molar-refractivity contribution in [3.63, 3.8) is 0 Å². The number of nitrogens with one attached hydrogen (secondary N) is 1. The van der Waals surface area contributed by atoms with Crippen molar-refractivity contribution < 1.29 is 43.1 Å². The van der Waals surface area contributed by atoms with Crippen LogP contribution in [-0.4, -0.2) is 76.1 Å². The van der Waals surface area contributed by atoms with Gasteiger partial charge in [-0.3, -0.25) is 19.3 Å². The Hall–Kier alpha value is -2.70. The van der Waals surface area contributed by atoms with Gasteiger partial charge in [0.2, 0.25) is 5.91 Å². The van der Waals surface area contributed by atoms with E-state index < -0.39 is 48.6 Å². The topological polar surface area (TPSA) is 144 Å². The first-order valence-corrected chi connectivity index (χ1v) is 16.2. The molecule has 2 aliphatic heterocycles. The van der Waals surface area contributed by atoms with E-state index in [0.29, 0.717) is 5.75 Å². The number of ketones is 1. The van der Waals surface area contributed by atoms with Gasteiger partial charge in [0.15, 0.2) is 12.0 Å². The lowest BCUT2D eigenvalue weighted by molar-refractivity contribution is -0.158. The second-order valence-electron chi connectivity index (χ2n) is 11.8. The lowest BCUT2D eigenvalue weighted by atomic mass is 9.95. The zero-order chi connectivity index (χ0) is 30.9. The van der Waals surface area contributed by atoms with E-state index in [9.17, 15) is 24.6 Å². The van der Waals surface area contributed by atoms with Gasteiger partial charge in [0.1, 0.15) is 29.6 Å². The van der Waals surface area contributed by atoms with Gasteiger partial charge in [-0.1, -0.05) is 57.2 Å². The number of nitrogens with zero attached hydrogens (tertiary/aromatic N) is 1. The normalized spacial score (nSPS) is 26.7. The van der Waals surface area contributed by atoms with Gasteiger partial charge < -0.3 is 28.7 Å². The van der Waals surface area contributed by atoms with E-state index in [1.807, 2.05) is 51.1 Å². The number of carbonyl (C=O) groups is 3. The number of ether oxygens (including phenoxy) is 2. The number of hydrogen-bond donors (Lipinski definition) is 3. The molecule has 0 radical (unpaired) electrons. The summed E-state index contributed by atoms with van der Waals surface area (Å²) in [6, 6.07) is 12.1. The fraction of sp³-hybridized carbons (Fsp3) is 0.483. The van der Waals surface area contributed by atoms with Crippen molar-refractivity contribution >= 4 is 46.9 Å². The van der Waals surface area contributed by atoms with Crippen LogP contribution in [0.1, 0.15) is 41.0 Å². The Bertz CT molecular complexity index is 1420. The van der Waals surface area contributed by atoms with E-state index in [1.54, 1.807) is 19.1 Å². The zero-order valence-electron chi connectivity index (χ0n) is 24.2. The first-order valence-electron chi connectivity index (χ1n) is 13.5. The minimum atomic E-state index is -3.54. The Balaban J connectivity index is 1.56. The van der Waals surface area contributed by atoms with Crippen molar-refractivity contribution in [2.75, 3.05) is 13.2 Å².